The van der Waals surface area contributed by atoms with Crippen molar-refractivity contribution in [3.05, 3.63) is 42.1 Å². The highest BCUT2D eigenvalue weighted by atomic mass is 16.5. The molecular formula is C13H12N2O4. The van der Waals surface area contributed by atoms with Gasteiger partial charge in [0.05, 0.1) is 18.9 Å². The molecule has 98 valence electrons. The molecule has 1 heterocycles. The van der Waals surface area contributed by atoms with Crippen molar-refractivity contribution in [2.24, 2.45) is 0 Å². The molecule has 0 aliphatic carbocycles. The van der Waals surface area contributed by atoms with Crippen LogP contribution in [0, 0.1) is 0 Å². The van der Waals surface area contributed by atoms with E-state index in [2.05, 4.69) is 4.74 Å². The van der Waals surface area contributed by atoms with E-state index in [0.29, 0.717) is 5.69 Å². The van der Waals surface area contributed by atoms with E-state index in [1.54, 1.807) is 30.3 Å². The summed E-state index contributed by atoms with van der Waals surface area (Å²) >= 11 is 0. The van der Waals surface area contributed by atoms with E-state index in [0.717, 1.165) is 15.9 Å². The van der Waals surface area contributed by atoms with Crippen LogP contribution in [0.4, 0.5) is 10.5 Å². The van der Waals surface area contributed by atoms with Crippen molar-refractivity contribution in [2.45, 2.75) is 0 Å². The normalized spacial score (nSPS) is 17.3. The lowest BCUT2D eigenvalue weighted by Crippen LogP contribution is -2.31. The predicted molar refractivity (Wildman–Crippen MR) is 67.2 cm³/mol. The minimum atomic E-state index is -0.682. The van der Waals surface area contributed by atoms with Crippen molar-refractivity contribution >= 4 is 23.6 Å². The Kier molecular flexibility index (Phi) is 3.33. The SMILES string of the molecule is COC(=O)/C=C1/C(=O)N(c2ccccc2)C(=O)N1C. The van der Waals surface area contributed by atoms with Gasteiger partial charge in [0.2, 0.25) is 0 Å². The van der Waals surface area contributed by atoms with Gasteiger partial charge in [-0.15, -0.1) is 0 Å². The van der Waals surface area contributed by atoms with Gasteiger partial charge in [0, 0.05) is 7.05 Å². The van der Waals surface area contributed by atoms with Gasteiger partial charge in [-0.05, 0) is 12.1 Å². The van der Waals surface area contributed by atoms with Gasteiger partial charge in [-0.3, -0.25) is 9.69 Å². The van der Waals surface area contributed by atoms with Crippen molar-refractivity contribution in [2.75, 3.05) is 19.1 Å². The number of benzene rings is 1. The van der Waals surface area contributed by atoms with Crippen LogP contribution in [-0.2, 0) is 14.3 Å². The van der Waals surface area contributed by atoms with Gasteiger partial charge >= 0.3 is 12.0 Å². The maximum absolute atomic E-state index is 12.2. The summed E-state index contributed by atoms with van der Waals surface area (Å²) in [7, 11) is 2.63. The van der Waals surface area contributed by atoms with Crippen LogP contribution in [0.25, 0.3) is 0 Å². The van der Waals surface area contributed by atoms with Gasteiger partial charge in [-0.2, -0.15) is 0 Å². The number of carbonyl (C=O) groups is 3. The first-order valence-electron chi connectivity index (χ1n) is 5.53. The summed E-state index contributed by atoms with van der Waals surface area (Å²) in [5.74, 6) is -1.23. The summed E-state index contributed by atoms with van der Waals surface area (Å²) in [5, 5.41) is 0. The third-order valence-electron chi connectivity index (χ3n) is 2.73. The Labute approximate surface area is 109 Å². The molecule has 1 aromatic rings. The highest BCUT2D eigenvalue weighted by Gasteiger charge is 2.40. The molecule has 3 amide bonds. The van der Waals surface area contributed by atoms with Gasteiger partial charge in [-0.1, -0.05) is 18.2 Å². The molecule has 0 aromatic heterocycles. The molecule has 1 fully saturated rings. The van der Waals surface area contributed by atoms with E-state index in [-0.39, 0.29) is 5.70 Å². The lowest BCUT2D eigenvalue weighted by atomic mass is 10.3. The molecule has 0 bridgehead atoms. The summed E-state index contributed by atoms with van der Waals surface area (Å²) in [6, 6.07) is 8.00. The van der Waals surface area contributed by atoms with E-state index in [9.17, 15) is 14.4 Å². The first kappa shape index (κ1) is 12.8. The van der Waals surface area contributed by atoms with Crippen molar-refractivity contribution in [1.82, 2.24) is 4.90 Å². The molecule has 6 nitrogen and oxygen atoms in total. The minimum absolute atomic E-state index is 0.0132. The number of amides is 3. The van der Waals surface area contributed by atoms with Crippen LogP contribution in [0.2, 0.25) is 0 Å². The van der Waals surface area contributed by atoms with E-state index in [1.165, 1.54) is 14.2 Å². The first-order valence-corrected chi connectivity index (χ1v) is 5.53. The topological polar surface area (TPSA) is 66.9 Å². The van der Waals surface area contributed by atoms with Gasteiger partial charge in [-0.25, -0.2) is 14.5 Å². The van der Waals surface area contributed by atoms with Crippen LogP contribution in [0.15, 0.2) is 42.1 Å². The van der Waals surface area contributed by atoms with Gasteiger partial charge in [0.1, 0.15) is 5.70 Å². The molecule has 19 heavy (non-hydrogen) atoms. The number of rotatable bonds is 2. The summed E-state index contributed by atoms with van der Waals surface area (Å²) < 4.78 is 4.46. The lowest BCUT2D eigenvalue weighted by Gasteiger charge is -2.12. The number of hydrogen-bond acceptors (Lipinski definition) is 4. The van der Waals surface area contributed by atoms with Crippen LogP contribution in [-0.4, -0.2) is 37.0 Å². The van der Waals surface area contributed by atoms with Crippen molar-refractivity contribution < 1.29 is 19.1 Å². The summed E-state index contributed by atoms with van der Waals surface area (Å²) in [6.45, 7) is 0. The average molecular weight is 260 g/mol. The fourth-order valence-electron chi connectivity index (χ4n) is 1.73. The monoisotopic (exact) mass is 260 g/mol. The van der Waals surface area contributed by atoms with Gasteiger partial charge in [0.25, 0.3) is 5.91 Å². The van der Waals surface area contributed by atoms with Crippen LogP contribution in [0.3, 0.4) is 0 Å². The summed E-state index contributed by atoms with van der Waals surface area (Å²) in [6.07, 6.45) is 1.00. The van der Waals surface area contributed by atoms with E-state index >= 15 is 0 Å². The van der Waals surface area contributed by atoms with Crippen LogP contribution < -0.4 is 4.90 Å². The Morgan fingerprint density at radius 2 is 1.84 bits per heavy atom. The molecule has 2 rings (SSSR count). The Morgan fingerprint density at radius 3 is 2.42 bits per heavy atom. The van der Waals surface area contributed by atoms with Crippen molar-refractivity contribution in [3.8, 4) is 0 Å². The fraction of sp³-hybridized carbons (Fsp3) is 0.154. The number of carbonyl (C=O) groups excluding carboxylic acids is 3. The second kappa shape index (κ2) is 4.93. The number of anilines is 1. The smallest absolute Gasteiger partial charge is 0.336 e. The number of urea groups is 1. The fourth-order valence-corrected chi connectivity index (χ4v) is 1.73. The van der Waals surface area contributed by atoms with E-state index in [1.807, 2.05) is 0 Å². The number of ether oxygens (including phenoxy) is 1. The van der Waals surface area contributed by atoms with Gasteiger partial charge in [0.15, 0.2) is 0 Å². The first-order chi connectivity index (χ1) is 9.06. The second-order valence-electron chi connectivity index (χ2n) is 3.87. The number of esters is 1. The predicted octanol–water partition coefficient (Wildman–Crippen LogP) is 1.14. The van der Waals surface area contributed by atoms with E-state index < -0.39 is 17.9 Å². The molecule has 0 N–H and O–H groups in total. The maximum Gasteiger partial charge on any atom is 0.336 e. The number of methoxy groups -OCH3 is 1. The molecule has 0 saturated carbocycles. The van der Waals surface area contributed by atoms with Crippen LogP contribution in [0.5, 0.6) is 0 Å². The number of para-hydroxylation sites is 1. The summed E-state index contributed by atoms with van der Waals surface area (Å²) in [5.41, 5.74) is 0.443. The highest BCUT2D eigenvalue weighted by Crippen LogP contribution is 2.25. The zero-order chi connectivity index (χ0) is 14.0. The Balaban J connectivity index is 2.40. The van der Waals surface area contributed by atoms with Crippen LogP contribution >= 0.6 is 0 Å². The molecule has 0 radical (unpaired) electrons. The number of nitrogens with zero attached hydrogens (tertiary/aromatic N) is 2. The second-order valence-corrected chi connectivity index (χ2v) is 3.87. The van der Waals surface area contributed by atoms with Crippen LogP contribution in [0.1, 0.15) is 0 Å². The molecule has 0 spiro atoms. The van der Waals surface area contributed by atoms with Gasteiger partial charge < -0.3 is 4.74 Å². The molecule has 1 aliphatic rings. The molecule has 1 aromatic carbocycles. The largest absolute Gasteiger partial charge is 0.466 e. The third kappa shape index (κ3) is 2.20. The standard InChI is InChI=1S/C13H12N2O4/c1-14-10(8-11(16)19-2)12(17)15(13(14)18)9-6-4-3-5-7-9/h3-8H,1-2H3/b10-8-. The number of likely N-dealkylation sites (N-methyl/N-ethyl adjacent to an activating group) is 1. The lowest BCUT2D eigenvalue weighted by molar-refractivity contribution is -0.135. The number of imide groups is 1. The minimum Gasteiger partial charge on any atom is -0.466 e. The highest BCUT2D eigenvalue weighted by molar-refractivity contribution is 6.27. The van der Waals surface area contributed by atoms with Crippen molar-refractivity contribution in [1.29, 1.82) is 0 Å². The molecule has 0 unspecified atom stereocenters. The third-order valence-corrected chi connectivity index (χ3v) is 2.73. The summed E-state index contributed by atoms with van der Waals surface area (Å²) in [4.78, 5) is 37.5. The Bertz CT molecular complexity index is 565. The number of hydrogen-bond donors (Lipinski definition) is 0. The molecule has 6 heteroatoms. The quantitative estimate of drug-likeness (QED) is 0.454. The van der Waals surface area contributed by atoms with E-state index in [4.69, 9.17) is 0 Å². The Hall–Kier alpha value is -2.63. The zero-order valence-corrected chi connectivity index (χ0v) is 10.5. The average Bonchev–Trinajstić information content (AvgIpc) is 2.63. The molecule has 1 aliphatic heterocycles. The van der Waals surface area contributed by atoms with Crippen molar-refractivity contribution in [3.63, 3.8) is 0 Å². The molecule has 0 atom stereocenters. The maximum atomic E-state index is 12.2. The molecule has 1 saturated heterocycles. The zero-order valence-electron chi connectivity index (χ0n) is 10.5. The Morgan fingerprint density at radius 1 is 1.21 bits per heavy atom. The molecular weight excluding hydrogens is 248 g/mol.